The molecular weight excluding hydrogens is 203 g/mol. The van der Waals surface area contributed by atoms with Crippen LogP contribution in [0.25, 0.3) is 0 Å². The molecule has 1 N–H and O–H groups in total. The molecule has 3 rings (SSSR count). The van der Waals surface area contributed by atoms with Crippen molar-refractivity contribution in [2.24, 2.45) is 5.92 Å². The number of hydrogen-bond donors (Lipinski definition) is 1. The van der Waals surface area contributed by atoms with Crippen molar-refractivity contribution in [3.8, 4) is 0 Å². The zero-order valence-corrected chi connectivity index (χ0v) is 9.32. The number of nitrogens with one attached hydrogen (secondary N) is 1. The molecule has 2 fully saturated rings. The highest BCUT2D eigenvalue weighted by Gasteiger charge is 2.48. The van der Waals surface area contributed by atoms with Crippen LogP contribution in [0.15, 0.2) is 24.4 Å². The Morgan fingerprint density at radius 1 is 1.38 bits per heavy atom. The molecule has 0 amide bonds. The SMILES string of the molecule is FC1(c2ccccn2)CC2CCCNC2C1. The summed E-state index contributed by atoms with van der Waals surface area (Å²) in [7, 11) is 0. The van der Waals surface area contributed by atoms with E-state index in [1.165, 1.54) is 6.42 Å². The van der Waals surface area contributed by atoms with E-state index in [9.17, 15) is 4.39 Å². The van der Waals surface area contributed by atoms with Gasteiger partial charge in [-0.1, -0.05) is 6.07 Å². The second-order valence-corrected chi connectivity index (χ2v) is 5.05. The van der Waals surface area contributed by atoms with E-state index in [2.05, 4.69) is 10.3 Å². The summed E-state index contributed by atoms with van der Waals surface area (Å²) in [5.74, 6) is 0.501. The molecule has 0 radical (unpaired) electrons. The molecule has 3 atom stereocenters. The van der Waals surface area contributed by atoms with Crippen LogP contribution in [0, 0.1) is 5.92 Å². The van der Waals surface area contributed by atoms with Crippen LogP contribution in [0.2, 0.25) is 0 Å². The van der Waals surface area contributed by atoms with E-state index in [-0.39, 0.29) is 0 Å². The van der Waals surface area contributed by atoms with Crippen molar-refractivity contribution in [1.29, 1.82) is 0 Å². The summed E-state index contributed by atoms with van der Waals surface area (Å²) < 4.78 is 14.8. The average molecular weight is 220 g/mol. The summed E-state index contributed by atoms with van der Waals surface area (Å²) in [6.07, 6.45) is 5.26. The number of piperidine rings is 1. The maximum atomic E-state index is 14.8. The second kappa shape index (κ2) is 3.81. The number of hydrogen-bond acceptors (Lipinski definition) is 2. The average Bonchev–Trinajstić information content (AvgIpc) is 2.68. The predicted molar refractivity (Wildman–Crippen MR) is 60.8 cm³/mol. The van der Waals surface area contributed by atoms with Crippen LogP contribution < -0.4 is 5.32 Å². The third-order valence-corrected chi connectivity index (χ3v) is 3.98. The van der Waals surface area contributed by atoms with Crippen molar-refractivity contribution in [2.75, 3.05) is 6.54 Å². The Kier molecular flexibility index (Phi) is 2.43. The van der Waals surface area contributed by atoms with Gasteiger partial charge in [-0.25, -0.2) is 4.39 Å². The lowest BCUT2D eigenvalue weighted by Gasteiger charge is -2.25. The predicted octanol–water partition coefficient (Wildman–Crippen LogP) is 2.41. The minimum absolute atomic E-state index is 0.362. The van der Waals surface area contributed by atoms with Crippen LogP contribution in [0.3, 0.4) is 0 Å². The van der Waals surface area contributed by atoms with Gasteiger partial charge in [0.1, 0.15) is 0 Å². The van der Waals surface area contributed by atoms with Crippen LogP contribution in [0.1, 0.15) is 31.4 Å². The molecule has 1 saturated carbocycles. The Balaban J connectivity index is 1.85. The molecular formula is C13H17FN2. The number of alkyl halides is 1. The molecule has 2 aliphatic rings. The van der Waals surface area contributed by atoms with Gasteiger partial charge in [-0.15, -0.1) is 0 Å². The molecule has 1 aromatic heterocycles. The fourth-order valence-corrected chi connectivity index (χ4v) is 3.19. The van der Waals surface area contributed by atoms with E-state index >= 15 is 0 Å². The van der Waals surface area contributed by atoms with Crippen molar-refractivity contribution in [3.05, 3.63) is 30.1 Å². The molecule has 3 heteroatoms. The van der Waals surface area contributed by atoms with E-state index < -0.39 is 5.67 Å². The van der Waals surface area contributed by atoms with Gasteiger partial charge in [-0.05, 0) is 43.9 Å². The topological polar surface area (TPSA) is 24.9 Å². The molecule has 1 aliphatic carbocycles. The van der Waals surface area contributed by atoms with Gasteiger partial charge in [0.05, 0.1) is 5.69 Å². The van der Waals surface area contributed by atoms with Crippen LogP contribution in [0.4, 0.5) is 4.39 Å². The molecule has 3 unspecified atom stereocenters. The lowest BCUT2D eigenvalue weighted by atomic mass is 9.93. The Morgan fingerprint density at radius 3 is 3.06 bits per heavy atom. The van der Waals surface area contributed by atoms with Gasteiger partial charge < -0.3 is 5.32 Å². The maximum Gasteiger partial charge on any atom is 0.154 e. The maximum absolute atomic E-state index is 14.8. The van der Waals surface area contributed by atoms with Crippen molar-refractivity contribution >= 4 is 0 Å². The fraction of sp³-hybridized carbons (Fsp3) is 0.615. The van der Waals surface area contributed by atoms with Crippen LogP contribution in [0.5, 0.6) is 0 Å². The van der Waals surface area contributed by atoms with Crippen molar-refractivity contribution in [3.63, 3.8) is 0 Å². The van der Waals surface area contributed by atoms with Crippen molar-refractivity contribution in [1.82, 2.24) is 10.3 Å². The third-order valence-electron chi connectivity index (χ3n) is 3.98. The number of halogens is 1. The highest BCUT2D eigenvalue weighted by Crippen LogP contribution is 2.47. The summed E-state index contributed by atoms with van der Waals surface area (Å²) in [6.45, 7) is 1.04. The smallest absolute Gasteiger partial charge is 0.154 e. The van der Waals surface area contributed by atoms with Gasteiger partial charge in [0.25, 0.3) is 0 Å². The zero-order valence-electron chi connectivity index (χ0n) is 9.32. The monoisotopic (exact) mass is 220 g/mol. The Hall–Kier alpha value is -0.960. The Morgan fingerprint density at radius 2 is 2.31 bits per heavy atom. The van der Waals surface area contributed by atoms with E-state index in [1.807, 2.05) is 18.2 Å². The number of rotatable bonds is 1. The Labute approximate surface area is 95.3 Å². The van der Waals surface area contributed by atoms with Crippen LogP contribution >= 0.6 is 0 Å². The summed E-state index contributed by atoms with van der Waals surface area (Å²) in [4.78, 5) is 4.19. The quantitative estimate of drug-likeness (QED) is 0.786. The minimum Gasteiger partial charge on any atom is -0.314 e. The van der Waals surface area contributed by atoms with Crippen molar-refractivity contribution in [2.45, 2.75) is 37.4 Å². The number of nitrogens with zero attached hydrogens (tertiary/aromatic N) is 1. The van der Waals surface area contributed by atoms with Gasteiger partial charge >= 0.3 is 0 Å². The number of pyridine rings is 1. The molecule has 0 spiro atoms. The highest BCUT2D eigenvalue weighted by atomic mass is 19.1. The first-order valence-electron chi connectivity index (χ1n) is 6.12. The molecule has 1 aliphatic heterocycles. The molecule has 0 bridgehead atoms. The molecule has 2 nitrogen and oxygen atoms in total. The molecule has 0 aromatic carbocycles. The summed E-state index contributed by atoms with van der Waals surface area (Å²) in [5, 5.41) is 3.44. The summed E-state index contributed by atoms with van der Waals surface area (Å²) in [6, 6.07) is 5.89. The molecule has 1 saturated heterocycles. The third kappa shape index (κ3) is 1.63. The summed E-state index contributed by atoms with van der Waals surface area (Å²) >= 11 is 0. The molecule has 2 heterocycles. The van der Waals surface area contributed by atoms with E-state index in [4.69, 9.17) is 0 Å². The first-order chi connectivity index (χ1) is 7.78. The van der Waals surface area contributed by atoms with Gasteiger partial charge in [0.2, 0.25) is 0 Å². The number of aromatic nitrogens is 1. The first kappa shape index (κ1) is 10.2. The summed E-state index contributed by atoms with van der Waals surface area (Å²) in [5.41, 5.74) is -0.584. The van der Waals surface area contributed by atoms with E-state index in [1.54, 1.807) is 6.20 Å². The van der Waals surface area contributed by atoms with Gasteiger partial charge in [0, 0.05) is 18.7 Å². The van der Waals surface area contributed by atoms with Crippen molar-refractivity contribution < 1.29 is 4.39 Å². The lowest BCUT2D eigenvalue weighted by molar-refractivity contribution is 0.159. The van der Waals surface area contributed by atoms with Gasteiger partial charge in [-0.3, -0.25) is 4.98 Å². The molecule has 86 valence electrons. The fourth-order valence-electron chi connectivity index (χ4n) is 3.19. The van der Waals surface area contributed by atoms with Crippen LogP contribution in [-0.4, -0.2) is 17.6 Å². The minimum atomic E-state index is -1.20. The second-order valence-electron chi connectivity index (χ2n) is 5.05. The lowest BCUT2D eigenvalue weighted by Crippen LogP contribution is -2.37. The van der Waals surface area contributed by atoms with Gasteiger partial charge in [-0.2, -0.15) is 0 Å². The molecule has 1 aromatic rings. The normalized spacial score (nSPS) is 38.3. The zero-order chi connectivity index (χ0) is 11.0. The van der Waals surface area contributed by atoms with Gasteiger partial charge in [0.15, 0.2) is 5.67 Å². The first-order valence-corrected chi connectivity index (χ1v) is 6.12. The molecule has 16 heavy (non-hydrogen) atoms. The number of fused-ring (bicyclic) bond motifs is 1. The Bertz CT molecular complexity index is 351. The largest absolute Gasteiger partial charge is 0.314 e. The van der Waals surface area contributed by atoms with E-state index in [0.717, 1.165) is 13.0 Å². The van der Waals surface area contributed by atoms with E-state index in [0.29, 0.717) is 30.5 Å². The highest BCUT2D eigenvalue weighted by molar-refractivity contribution is 5.17. The van der Waals surface area contributed by atoms with Crippen LogP contribution in [-0.2, 0) is 5.67 Å². The standard InChI is InChI=1S/C13H17FN2/c14-13(12-5-1-2-6-16-12)8-10-4-3-7-15-11(10)9-13/h1-2,5-6,10-11,15H,3-4,7-9H2.